The molecule has 0 spiro atoms. The highest BCUT2D eigenvalue weighted by Gasteiger charge is 2.34. The molecule has 0 aromatic heterocycles. The Bertz CT molecular complexity index is 231. The molecule has 0 aliphatic carbocycles. The predicted octanol–water partition coefficient (Wildman–Crippen LogP) is 0.850. The summed E-state index contributed by atoms with van der Waals surface area (Å²) in [4.78, 5) is 2.56. The molecular weight excluding hydrogens is 216 g/mol. The van der Waals surface area contributed by atoms with Gasteiger partial charge < -0.3 is 15.2 Å². The van der Waals surface area contributed by atoms with Crippen LogP contribution in [0.3, 0.4) is 0 Å². The summed E-state index contributed by atoms with van der Waals surface area (Å²) in [5, 5.41) is 0. The Kier molecular flexibility index (Phi) is 4.79. The average molecular weight is 242 g/mol. The van der Waals surface area contributed by atoms with E-state index in [0.717, 1.165) is 45.8 Å². The third-order valence-electron chi connectivity index (χ3n) is 4.13. The summed E-state index contributed by atoms with van der Waals surface area (Å²) in [5.74, 6) is 0.696. The van der Waals surface area contributed by atoms with Crippen molar-refractivity contribution in [1.29, 1.82) is 0 Å². The van der Waals surface area contributed by atoms with Crippen molar-refractivity contribution in [3.63, 3.8) is 0 Å². The first kappa shape index (κ1) is 13.3. The number of ether oxygens (including phenoxy) is 2. The van der Waals surface area contributed by atoms with Gasteiger partial charge in [-0.1, -0.05) is 0 Å². The molecule has 0 amide bonds. The van der Waals surface area contributed by atoms with Crippen LogP contribution in [0.2, 0.25) is 0 Å². The Morgan fingerprint density at radius 3 is 2.65 bits per heavy atom. The van der Waals surface area contributed by atoms with Gasteiger partial charge in [0.05, 0.1) is 12.7 Å². The van der Waals surface area contributed by atoms with Gasteiger partial charge in [-0.15, -0.1) is 0 Å². The average Bonchev–Trinajstić information content (AvgIpc) is 2.36. The van der Waals surface area contributed by atoms with E-state index < -0.39 is 0 Å². The van der Waals surface area contributed by atoms with E-state index in [0.29, 0.717) is 24.1 Å². The highest BCUT2D eigenvalue weighted by atomic mass is 16.5. The van der Waals surface area contributed by atoms with Crippen molar-refractivity contribution in [2.45, 2.75) is 44.9 Å². The molecule has 0 bridgehead atoms. The molecule has 2 aliphatic heterocycles. The maximum atomic E-state index is 6.02. The molecule has 2 aliphatic rings. The van der Waals surface area contributed by atoms with Crippen LogP contribution in [-0.4, -0.2) is 56.0 Å². The Hall–Kier alpha value is -0.160. The van der Waals surface area contributed by atoms with E-state index in [1.165, 1.54) is 0 Å². The molecule has 4 nitrogen and oxygen atoms in total. The first-order valence-electron chi connectivity index (χ1n) is 6.87. The number of nitrogens with zero attached hydrogens (tertiary/aromatic N) is 1. The molecule has 2 rings (SSSR count). The first-order chi connectivity index (χ1) is 8.22. The zero-order valence-corrected chi connectivity index (χ0v) is 11.1. The molecule has 2 N–H and O–H groups in total. The van der Waals surface area contributed by atoms with Crippen LogP contribution in [0.25, 0.3) is 0 Å². The standard InChI is InChI=1S/C13H26N2O2/c1-10-9-17-11(2)8-15(10)13(7-14)12-3-5-16-6-4-12/h10-13H,3-9,14H2,1-2H3. The minimum Gasteiger partial charge on any atom is -0.381 e. The summed E-state index contributed by atoms with van der Waals surface area (Å²) in [6, 6.07) is 0.989. The molecule has 2 saturated heterocycles. The van der Waals surface area contributed by atoms with Gasteiger partial charge in [-0.25, -0.2) is 0 Å². The maximum absolute atomic E-state index is 6.02. The number of rotatable bonds is 3. The van der Waals surface area contributed by atoms with Gasteiger partial charge in [0.1, 0.15) is 0 Å². The Balaban J connectivity index is 1.99. The van der Waals surface area contributed by atoms with Crippen LogP contribution in [0.15, 0.2) is 0 Å². The third kappa shape index (κ3) is 3.19. The summed E-state index contributed by atoms with van der Waals surface area (Å²) >= 11 is 0. The van der Waals surface area contributed by atoms with Crippen molar-refractivity contribution in [2.75, 3.05) is 32.9 Å². The fraction of sp³-hybridized carbons (Fsp3) is 1.00. The molecule has 0 radical (unpaired) electrons. The van der Waals surface area contributed by atoms with Gasteiger partial charge in [0.25, 0.3) is 0 Å². The number of hydrogen-bond acceptors (Lipinski definition) is 4. The highest BCUT2D eigenvalue weighted by molar-refractivity contribution is 4.87. The lowest BCUT2D eigenvalue weighted by atomic mass is 9.89. The van der Waals surface area contributed by atoms with E-state index >= 15 is 0 Å². The SMILES string of the molecule is CC1CN(C(CN)C2CCOCC2)C(C)CO1. The van der Waals surface area contributed by atoms with Crippen LogP contribution in [0.4, 0.5) is 0 Å². The molecule has 2 heterocycles. The summed E-state index contributed by atoms with van der Waals surface area (Å²) in [7, 11) is 0. The summed E-state index contributed by atoms with van der Waals surface area (Å²) in [5.41, 5.74) is 6.02. The number of nitrogens with two attached hydrogens (primary N) is 1. The minimum absolute atomic E-state index is 0.333. The molecule has 4 heteroatoms. The second-order valence-corrected chi connectivity index (χ2v) is 5.44. The smallest absolute Gasteiger partial charge is 0.0674 e. The highest BCUT2D eigenvalue weighted by Crippen LogP contribution is 2.26. The summed E-state index contributed by atoms with van der Waals surface area (Å²) < 4.78 is 11.1. The van der Waals surface area contributed by atoms with Gasteiger partial charge in [-0.2, -0.15) is 0 Å². The van der Waals surface area contributed by atoms with E-state index in [-0.39, 0.29) is 0 Å². The molecule has 0 aromatic rings. The van der Waals surface area contributed by atoms with Gasteiger partial charge in [-0.05, 0) is 32.6 Å². The van der Waals surface area contributed by atoms with Gasteiger partial charge in [0.2, 0.25) is 0 Å². The molecule has 3 atom stereocenters. The van der Waals surface area contributed by atoms with E-state index in [4.69, 9.17) is 15.2 Å². The second kappa shape index (κ2) is 6.14. The molecule has 3 unspecified atom stereocenters. The lowest BCUT2D eigenvalue weighted by Crippen LogP contribution is -2.57. The van der Waals surface area contributed by atoms with E-state index in [9.17, 15) is 0 Å². The van der Waals surface area contributed by atoms with Crippen molar-refractivity contribution in [2.24, 2.45) is 11.7 Å². The monoisotopic (exact) mass is 242 g/mol. The molecule has 2 fully saturated rings. The van der Waals surface area contributed by atoms with Crippen LogP contribution in [0, 0.1) is 5.92 Å². The largest absolute Gasteiger partial charge is 0.381 e. The van der Waals surface area contributed by atoms with Gasteiger partial charge in [-0.3, -0.25) is 4.90 Å². The minimum atomic E-state index is 0.333. The van der Waals surface area contributed by atoms with Gasteiger partial charge >= 0.3 is 0 Å². The molecule has 17 heavy (non-hydrogen) atoms. The van der Waals surface area contributed by atoms with Gasteiger partial charge in [0.15, 0.2) is 0 Å². The Labute approximate surface area is 104 Å². The van der Waals surface area contributed by atoms with Crippen molar-refractivity contribution in [1.82, 2.24) is 4.90 Å². The number of morpholine rings is 1. The second-order valence-electron chi connectivity index (χ2n) is 5.44. The molecule has 100 valence electrons. The van der Waals surface area contributed by atoms with Crippen LogP contribution in [-0.2, 0) is 9.47 Å². The van der Waals surface area contributed by atoms with Crippen LogP contribution >= 0.6 is 0 Å². The normalized spacial score (nSPS) is 34.8. The van der Waals surface area contributed by atoms with E-state index in [1.54, 1.807) is 0 Å². The third-order valence-corrected chi connectivity index (χ3v) is 4.13. The fourth-order valence-corrected chi connectivity index (χ4v) is 3.09. The molecule has 0 aromatic carbocycles. The molecular formula is C13H26N2O2. The lowest BCUT2D eigenvalue weighted by Gasteiger charge is -2.45. The fourth-order valence-electron chi connectivity index (χ4n) is 3.09. The van der Waals surface area contributed by atoms with E-state index in [2.05, 4.69) is 18.7 Å². The summed E-state index contributed by atoms with van der Waals surface area (Å²) in [6.45, 7) is 8.79. The topological polar surface area (TPSA) is 47.7 Å². The van der Waals surface area contributed by atoms with Crippen molar-refractivity contribution in [3.05, 3.63) is 0 Å². The van der Waals surface area contributed by atoms with E-state index in [1.807, 2.05) is 0 Å². The Morgan fingerprint density at radius 2 is 2.00 bits per heavy atom. The Morgan fingerprint density at radius 1 is 1.29 bits per heavy atom. The zero-order valence-electron chi connectivity index (χ0n) is 11.1. The van der Waals surface area contributed by atoms with Crippen molar-refractivity contribution in [3.8, 4) is 0 Å². The first-order valence-corrected chi connectivity index (χ1v) is 6.87. The van der Waals surface area contributed by atoms with Crippen LogP contribution in [0.5, 0.6) is 0 Å². The van der Waals surface area contributed by atoms with Gasteiger partial charge in [0, 0.05) is 38.4 Å². The van der Waals surface area contributed by atoms with Crippen LogP contribution in [0.1, 0.15) is 26.7 Å². The maximum Gasteiger partial charge on any atom is 0.0674 e. The summed E-state index contributed by atoms with van der Waals surface area (Å²) in [6.07, 6.45) is 2.64. The molecule has 0 saturated carbocycles. The lowest BCUT2D eigenvalue weighted by molar-refractivity contribution is -0.0819. The quantitative estimate of drug-likeness (QED) is 0.797. The predicted molar refractivity (Wildman–Crippen MR) is 68.0 cm³/mol. The van der Waals surface area contributed by atoms with Crippen LogP contribution < -0.4 is 5.73 Å². The zero-order chi connectivity index (χ0) is 12.3. The van der Waals surface area contributed by atoms with Crippen molar-refractivity contribution < 1.29 is 9.47 Å². The number of hydrogen-bond donors (Lipinski definition) is 1. The van der Waals surface area contributed by atoms with Crippen molar-refractivity contribution >= 4 is 0 Å².